The van der Waals surface area contributed by atoms with Crippen LogP contribution < -0.4 is 5.32 Å². The van der Waals surface area contributed by atoms with Crippen molar-refractivity contribution in [3.8, 4) is 0 Å². The first-order chi connectivity index (χ1) is 17.7. The van der Waals surface area contributed by atoms with Crippen LogP contribution in [0.25, 0.3) is 0 Å². The van der Waals surface area contributed by atoms with Crippen molar-refractivity contribution in [2.75, 3.05) is 13.2 Å². The zero-order chi connectivity index (χ0) is 27.5. The topological polar surface area (TPSA) is 147 Å². The second-order valence-corrected chi connectivity index (χ2v) is 9.66. The number of aliphatic carboxylic acids is 1. The molecule has 0 aromatic rings. The largest absolute Gasteiger partial charge is 0.492 e. The molecular weight excluding hydrogens is 478 g/mol. The molecule has 3 N–H and O–H groups in total. The van der Waals surface area contributed by atoms with Gasteiger partial charge in [-0.2, -0.15) is 0 Å². The zero-order valence-corrected chi connectivity index (χ0v) is 22.0. The van der Waals surface area contributed by atoms with Gasteiger partial charge in [0.1, 0.15) is 24.9 Å². The summed E-state index contributed by atoms with van der Waals surface area (Å²) >= 11 is 0. The average Bonchev–Trinajstić information content (AvgIpc) is 2.86. The predicted molar refractivity (Wildman–Crippen MR) is 138 cm³/mol. The lowest BCUT2D eigenvalue weighted by Gasteiger charge is -2.20. The Morgan fingerprint density at radius 3 is 2.16 bits per heavy atom. The number of ketones is 2. The van der Waals surface area contributed by atoms with E-state index in [4.69, 9.17) is 14.9 Å². The molecule has 0 radical (unpaired) electrons. The molecule has 0 saturated heterocycles. The van der Waals surface area contributed by atoms with Crippen LogP contribution in [0, 0.1) is 11.8 Å². The van der Waals surface area contributed by atoms with Crippen molar-refractivity contribution in [1.29, 1.82) is 0 Å². The van der Waals surface area contributed by atoms with Crippen LogP contribution in [0.4, 0.5) is 0 Å². The van der Waals surface area contributed by atoms with Gasteiger partial charge < -0.3 is 14.9 Å². The Bertz CT molecular complexity index is 817. The minimum atomic E-state index is -1.08. The lowest BCUT2D eigenvalue weighted by Crippen LogP contribution is -2.42. The molecule has 9 heteroatoms. The third-order valence-electron chi connectivity index (χ3n) is 6.43. The number of Topliss-reactive ketones (excluding diaryl/α,β-unsaturated/α-hetero) is 1. The molecule has 0 fully saturated rings. The van der Waals surface area contributed by atoms with Crippen LogP contribution in [-0.4, -0.2) is 52.8 Å². The number of unbranched alkanes of at least 4 members (excludes halogenated alkanes) is 10. The number of carbonyl (C=O) groups is 5. The van der Waals surface area contributed by atoms with Crippen molar-refractivity contribution in [2.24, 2.45) is 11.8 Å². The number of hydrogen-bond donors (Lipinski definition) is 3. The van der Waals surface area contributed by atoms with E-state index < -0.39 is 42.0 Å². The highest BCUT2D eigenvalue weighted by molar-refractivity contribution is 6.11. The van der Waals surface area contributed by atoms with E-state index in [-0.39, 0.29) is 31.7 Å². The summed E-state index contributed by atoms with van der Waals surface area (Å²) in [5.74, 6) is -3.94. The summed E-state index contributed by atoms with van der Waals surface area (Å²) in [7, 11) is 0. The van der Waals surface area contributed by atoms with Crippen LogP contribution >= 0.6 is 0 Å². The molecule has 1 unspecified atom stereocenters. The fourth-order valence-electron chi connectivity index (χ4n) is 3.95. The number of imide groups is 1. The Balaban J connectivity index is 2.15. The van der Waals surface area contributed by atoms with E-state index >= 15 is 0 Å². The first-order valence-corrected chi connectivity index (χ1v) is 13.5. The molecule has 1 rings (SSSR count). The van der Waals surface area contributed by atoms with E-state index in [9.17, 15) is 24.0 Å². The van der Waals surface area contributed by atoms with E-state index in [2.05, 4.69) is 5.32 Å². The summed E-state index contributed by atoms with van der Waals surface area (Å²) in [6, 6.07) is 0. The summed E-state index contributed by atoms with van der Waals surface area (Å²) < 4.78 is 5.51. The van der Waals surface area contributed by atoms with Crippen molar-refractivity contribution in [3.63, 3.8) is 0 Å². The normalized spacial score (nSPS) is 16.2. The van der Waals surface area contributed by atoms with Gasteiger partial charge in [-0.1, -0.05) is 64.4 Å². The first kappa shape index (κ1) is 32.2. The maximum absolute atomic E-state index is 12.3. The van der Waals surface area contributed by atoms with Gasteiger partial charge in [0.2, 0.25) is 11.8 Å². The van der Waals surface area contributed by atoms with E-state index in [0.29, 0.717) is 5.76 Å². The lowest BCUT2D eigenvalue weighted by molar-refractivity contribution is -0.139. The molecule has 0 saturated carbocycles. The number of aliphatic hydroxyl groups excluding tert-OH is 1. The van der Waals surface area contributed by atoms with Gasteiger partial charge in [-0.3, -0.25) is 29.3 Å². The van der Waals surface area contributed by atoms with Crippen molar-refractivity contribution < 1.29 is 38.9 Å². The van der Waals surface area contributed by atoms with E-state index in [0.717, 1.165) is 38.5 Å². The third kappa shape index (κ3) is 15.1. The molecule has 208 valence electrons. The number of carboxylic acids is 1. The van der Waals surface area contributed by atoms with Crippen molar-refractivity contribution >= 4 is 29.4 Å². The first-order valence-electron chi connectivity index (χ1n) is 13.5. The van der Waals surface area contributed by atoms with Crippen LogP contribution in [0.15, 0.2) is 24.0 Å². The van der Waals surface area contributed by atoms with Gasteiger partial charge in [0, 0.05) is 24.8 Å². The van der Waals surface area contributed by atoms with E-state index in [1.165, 1.54) is 38.2 Å². The minimum Gasteiger partial charge on any atom is -0.492 e. The Kier molecular flexibility index (Phi) is 16.8. The average molecular weight is 522 g/mol. The van der Waals surface area contributed by atoms with E-state index in [1.54, 1.807) is 13.0 Å². The van der Waals surface area contributed by atoms with Crippen LogP contribution in [0.3, 0.4) is 0 Å². The van der Waals surface area contributed by atoms with Gasteiger partial charge in [-0.05, 0) is 31.8 Å². The molecule has 0 aromatic heterocycles. The molecule has 0 bridgehead atoms. The number of nitrogens with one attached hydrogen (secondary N) is 1. The van der Waals surface area contributed by atoms with Gasteiger partial charge in [0.25, 0.3) is 0 Å². The van der Waals surface area contributed by atoms with Crippen LogP contribution in [0.2, 0.25) is 0 Å². The fraction of sp³-hybridized carbons (Fsp3) is 0.679. The fourth-order valence-corrected chi connectivity index (χ4v) is 3.95. The highest BCUT2D eigenvalue weighted by Gasteiger charge is 2.31. The molecule has 2 atom stereocenters. The van der Waals surface area contributed by atoms with E-state index in [1.807, 2.05) is 6.08 Å². The smallest absolute Gasteiger partial charge is 0.303 e. The van der Waals surface area contributed by atoms with Gasteiger partial charge in [0.15, 0.2) is 11.6 Å². The molecular formula is C28H43NO8. The number of amides is 2. The predicted octanol–water partition coefficient (Wildman–Crippen LogP) is 4.03. The monoisotopic (exact) mass is 521 g/mol. The number of rotatable bonds is 20. The molecule has 1 heterocycles. The molecule has 0 spiro atoms. The maximum atomic E-state index is 12.3. The number of carbonyl (C=O) groups excluding carboxylic acids is 4. The highest BCUT2D eigenvalue weighted by Crippen LogP contribution is 2.16. The molecule has 0 aliphatic carbocycles. The van der Waals surface area contributed by atoms with Gasteiger partial charge in [-0.15, -0.1) is 0 Å². The Hall–Kier alpha value is -2.81. The summed E-state index contributed by atoms with van der Waals surface area (Å²) in [5.41, 5.74) is 0. The number of aliphatic hydroxyl groups is 1. The molecule has 1 aliphatic heterocycles. The SMILES string of the molecule is C[C@@H](CCC(=O)NC(=O)C1COC(/C=C/CCCCCCCCCCCCC(=O)O)=CC1=O)C(=O)CO. The summed E-state index contributed by atoms with van der Waals surface area (Å²) in [6.45, 7) is 0.887. The van der Waals surface area contributed by atoms with Crippen molar-refractivity contribution in [2.45, 2.75) is 96.8 Å². The highest BCUT2D eigenvalue weighted by atomic mass is 16.5. The standard InChI is InChI=1S/C28H43NO8/c1-21(25(32)19-30)16-17-26(33)29-28(36)23-20-37-22(18-24(23)31)14-12-10-8-6-4-2-3-5-7-9-11-13-15-27(34)35/h12,14,18,21,23,30H,2-11,13,15-17,19-20H2,1H3,(H,34,35)(H,29,33,36)/b14-12+/t21-,23?/m0/s1. The van der Waals surface area contributed by atoms with Crippen LogP contribution in [-0.2, 0) is 28.7 Å². The Morgan fingerprint density at radius 1 is 1.00 bits per heavy atom. The zero-order valence-electron chi connectivity index (χ0n) is 22.0. The summed E-state index contributed by atoms with van der Waals surface area (Å²) in [4.78, 5) is 58.3. The van der Waals surface area contributed by atoms with Crippen LogP contribution in [0.5, 0.6) is 0 Å². The molecule has 37 heavy (non-hydrogen) atoms. The Labute approximate surface area is 219 Å². The number of allylic oxidation sites excluding steroid dienone is 3. The Morgan fingerprint density at radius 2 is 1.59 bits per heavy atom. The molecule has 2 amide bonds. The minimum absolute atomic E-state index is 0.0551. The third-order valence-corrected chi connectivity index (χ3v) is 6.43. The van der Waals surface area contributed by atoms with Crippen molar-refractivity contribution in [1.82, 2.24) is 5.32 Å². The van der Waals surface area contributed by atoms with Crippen LogP contribution in [0.1, 0.15) is 96.8 Å². The number of carboxylic acid groups (broad SMARTS) is 1. The number of ether oxygens (including phenoxy) is 1. The molecule has 9 nitrogen and oxygen atoms in total. The quantitative estimate of drug-likeness (QED) is 0.161. The number of hydrogen-bond acceptors (Lipinski definition) is 7. The lowest BCUT2D eigenvalue weighted by atomic mass is 9.99. The second-order valence-electron chi connectivity index (χ2n) is 9.66. The van der Waals surface area contributed by atoms with Gasteiger partial charge in [0.05, 0.1) is 0 Å². The molecule has 0 aromatic carbocycles. The summed E-state index contributed by atoms with van der Waals surface area (Å²) in [6.07, 6.45) is 17.3. The van der Waals surface area contributed by atoms with Gasteiger partial charge >= 0.3 is 5.97 Å². The van der Waals surface area contributed by atoms with Gasteiger partial charge in [-0.25, -0.2) is 0 Å². The second kappa shape index (κ2) is 19.3. The maximum Gasteiger partial charge on any atom is 0.303 e. The van der Waals surface area contributed by atoms with Crippen molar-refractivity contribution in [3.05, 3.63) is 24.0 Å². The summed E-state index contributed by atoms with van der Waals surface area (Å²) in [5, 5.41) is 19.6. The molecule has 1 aliphatic rings.